The van der Waals surface area contributed by atoms with Crippen LogP contribution in [-0.2, 0) is 19.8 Å². The van der Waals surface area contributed by atoms with Crippen LogP contribution in [0.1, 0.15) is 11.3 Å². The van der Waals surface area contributed by atoms with Gasteiger partial charge < -0.3 is 0 Å². The van der Waals surface area contributed by atoms with Gasteiger partial charge in [0.15, 0.2) is 0 Å². The number of aromatic nitrogens is 2. The lowest BCUT2D eigenvalue weighted by molar-refractivity contribution is -0.144. The molecular formula is C13H8BrCl2F3N2O2. The Kier molecular flexibility index (Phi) is 4.98. The predicted octanol–water partition coefficient (Wildman–Crippen LogP) is 3.68. The van der Waals surface area contributed by atoms with Gasteiger partial charge in [-0.25, -0.2) is 4.79 Å². The lowest BCUT2D eigenvalue weighted by atomic mass is 10.2. The van der Waals surface area contributed by atoms with Crippen molar-refractivity contribution in [3.05, 3.63) is 64.8 Å². The van der Waals surface area contributed by atoms with Crippen LogP contribution in [0, 0.1) is 0 Å². The molecule has 0 saturated heterocycles. The molecule has 0 atom stereocenters. The lowest BCUT2D eigenvalue weighted by Gasteiger charge is -2.14. The molecule has 0 fully saturated rings. The van der Waals surface area contributed by atoms with Gasteiger partial charge in [0, 0.05) is 13.1 Å². The lowest BCUT2D eigenvalue weighted by Crippen LogP contribution is -2.41. The average molecular weight is 432 g/mol. The van der Waals surface area contributed by atoms with E-state index in [-0.39, 0.29) is 16.6 Å². The monoisotopic (exact) mass is 430 g/mol. The SMILES string of the molecule is Cn1c(C(F)(F)F)cc(=O)n(Cc2cc(Cl)c(Br)c(Cl)c2)c1=O. The minimum absolute atomic E-state index is 0.254. The minimum Gasteiger partial charge on any atom is -0.292 e. The van der Waals surface area contributed by atoms with Gasteiger partial charge in [-0.15, -0.1) is 0 Å². The summed E-state index contributed by atoms with van der Waals surface area (Å²) in [5.74, 6) is 0. The fourth-order valence-electron chi connectivity index (χ4n) is 1.97. The van der Waals surface area contributed by atoms with E-state index in [1.165, 1.54) is 12.1 Å². The molecule has 0 bridgehead atoms. The quantitative estimate of drug-likeness (QED) is 0.681. The van der Waals surface area contributed by atoms with Crippen LogP contribution in [0.4, 0.5) is 13.2 Å². The number of rotatable bonds is 2. The number of halogens is 6. The van der Waals surface area contributed by atoms with E-state index < -0.39 is 23.1 Å². The summed E-state index contributed by atoms with van der Waals surface area (Å²) < 4.78 is 39.8. The van der Waals surface area contributed by atoms with Crippen LogP contribution in [0.3, 0.4) is 0 Å². The maximum atomic E-state index is 12.8. The van der Waals surface area contributed by atoms with Crippen molar-refractivity contribution in [2.24, 2.45) is 7.05 Å². The topological polar surface area (TPSA) is 44.0 Å². The van der Waals surface area contributed by atoms with E-state index in [0.29, 0.717) is 25.2 Å². The molecule has 0 radical (unpaired) electrons. The Bertz CT molecular complexity index is 867. The normalized spacial score (nSPS) is 11.8. The van der Waals surface area contributed by atoms with Gasteiger partial charge in [0.2, 0.25) is 0 Å². The van der Waals surface area contributed by atoms with Crippen LogP contribution < -0.4 is 11.2 Å². The molecule has 1 aromatic heterocycles. The molecule has 2 rings (SSSR count). The van der Waals surface area contributed by atoms with E-state index in [2.05, 4.69) is 15.9 Å². The molecule has 0 N–H and O–H groups in total. The molecule has 2 aromatic rings. The largest absolute Gasteiger partial charge is 0.431 e. The van der Waals surface area contributed by atoms with Crippen LogP contribution in [-0.4, -0.2) is 9.13 Å². The van der Waals surface area contributed by atoms with Crippen molar-refractivity contribution in [1.82, 2.24) is 9.13 Å². The van der Waals surface area contributed by atoms with E-state index in [4.69, 9.17) is 23.2 Å². The van der Waals surface area contributed by atoms with Crippen molar-refractivity contribution in [1.29, 1.82) is 0 Å². The Morgan fingerprint density at radius 3 is 2.13 bits per heavy atom. The molecule has 0 aliphatic rings. The number of hydrogen-bond donors (Lipinski definition) is 0. The minimum atomic E-state index is -4.80. The molecular weight excluding hydrogens is 424 g/mol. The van der Waals surface area contributed by atoms with Crippen molar-refractivity contribution in [3.63, 3.8) is 0 Å². The van der Waals surface area contributed by atoms with E-state index in [0.717, 1.165) is 7.05 Å². The third kappa shape index (κ3) is 3.64. The maximum absolute atomic E-state index is 12.8. The highest BCUT2D eigenvalue weighted by molar-refractivity contribution is 9.10. The highest BCUT2D eigenvalue weighted by Gasteiger charge is 2.34. The van der Waals surface area contributed by atoms with E-state index in [1.807, 2.05) is 0 Å². The van der Waals surface area contributed by atoms with Gasteiger partial charge in [0.1, 0.15) is 5.69 Å². The number of alkyl halides is 3. The average Bonchev–Trinajstić information content (AvgIpc) is 2.43. The van der Waals surface area contributed by atoms with Crippen molar-refractivity contribution in [2.45, 2.75) is 12.7 Å². The van der Waals surface area contributed by atoms with Crippen molar-refractivity contribution >= 4 is 39.1 Å². The first-order valence-corrected chi connectivity index (χ1v) is 7.58. The fourth-order valence-corrected chi connectivity index (χ4v) is 2.73. The molecule has 0 amide bonds. The van der Waals surface area contributed by atoms with Gasteiger partial charge in [-0.3, -0.25) is 13.9 Å². The van der Waals surface area contributed by atoms with E-state index >= 15 is 0 Å². The molecule has 1 heterocycles. The second-order valence-electron chi connectivity index (χ2n) is 4.67. The zero-order valence-electron chi connectivity index (χ0n) is 11.4. The van der Waals surface area contributed by atoms with Gasteiger partial charge in [-0.05, 0) is 33.6 Å². The third-order valence-corrected chi connectivity index (χ3v) is 4.99. The molecule has 1 aromatic carbocycles. The Morgan fingerprint density at radius 1 is 1.13 bits per heavy atom. The Hall–Kier alpha value is -1.25. The Labute approximate surface area is 146 Å². The predicted molar refractivity (Wildman–Crippen MR) is 84.2 cm³/mol. The zero-order valence-corrected chi connectivity index (χ0v) is 14.5. The Morgan fingerprint density at radius 2 is 1.65 bits per heavy atom. The molecule has 124 valence electrons. The number of hydrogen-bond acceptors (Lipinski definition) is 2. The smallest absolute Gasteiger partial charge is 0.292 e. The van der Waals surface area contributed by atoms with Crippen LogP contribution in [0.25, 0.3) is 0 Å². The van der Waals surface area contributed by atoms with Gasteiger partial charge in [0.25, 0.3) is 5.56 Å². The summed E-state index contributed by atoms with van der Waals surface area (Å²) >= 11 is 15.0. The molecule has 0 spiro atoms. The molecule has 0 saturated carbocycles. The third-order valence-electron chi connectivity index (χ3n) is 3.08. The maximum Gasteiger partial charge on any atom is 0.431 e. The van der Waals surface area contributed by atoms with E-state index in [9.17, 15) is 22.8 Å². The van der Waals surface area contributed by atoms with Gasteiger partial charge in [0.05, 0.1) is 21.1 Å². The first-order chi connectivity index (χ1) is 10.5. The van der Waals surface area contributed by atoms with Gasteiger partial charge in [-0.2, -0.15) is 13.2 Å². The molecule has 4 nitrogen and oxygen atoms in total. The van der Waals surface area contributed by atoms with Crippen LogP contribution in [0.5, 0.6) is 0 Å². The zero-order chi connectivity index (χ0) is 17.5. The first kappa shape index (κ1) is 18.1. The summed E-state index contributed by atoms with van der Waals surface area (Å²) in [7, 11) is 0.947. The van der Waals surface area contributed by atoms with Crippen molar-refractivity contribution in [2.75, 3.05) is 0 Å². The summed E-state index contributed by atoms with van der Waals surface area (Å²) in [6, 6.07) is 3.30. The molecule has 0 aliphatic carbocycles. The fraction of sp³-hybridized carbons (Fsp3) is 0.231. The van der Waals surface area contributed by atoms with Crippen molar-refractivity contribution in [3.8, 4) is 0 Å². The molecule has 0 unspecified atom stereocenters. The van der Waals surface area contributed by atoms with Crippen LogP contribution >= 0.6 is 39.1 Å². The molecule has 10 heteroatoms. The standard InChI is InChI=1S/C13H8BrCl2F3N2O2/c1-20-9(13(17,18)19)4-10(22)21(12(20)23)5-6-2-7(15)11(14)8(16)3-6/h2-4H,5H2,1H3. The van der Waals surface area contributed by atoms with E-state index in [1.54, 1.807) is 0 Å². The first-order valence-electron chi connectivity index (χ1n) is 6.04. The van der Waals surface area contributed by atoms with Crippen LogP contribution in [0.2, 0.25) is 10.0 Å². The summed E-state index contributed by atoms with van der Waals surface area (Å²) in [5, 5.41) is 0.508. The summed E-state index contributed by atoms with van der Waals surface area (Å²) in [5.41, 5.74) is -3.05. The molecule has 0 aliphatic heterocycles. The van der Waals surface area contributed by atoms with Gasteiger partial charge in [-0.1, -0.05) is 23.2 Å². The van der Waals surface area contributed by atoms with Crippen LogP contribution in [0.15, 0.2) is 32.3 Å². The Balaban J connectivity index is 2.57. The number of benzene rings is 1. The number of nitrogens with zero attached hydrogens (tertiary/aromatic N) is 2. The summed E-state index contributed by atoms with van der Waals surface area (Å²) in [4.78, 5) is 23.9. The second kappa shape index (κ2) is 6.33. The van der Waals surface area contributed by atoms with Gasteiger partial charge >= 0.3 is 11.9 Å². The molecule has 23 heavy (non-hydrogen) atoms. The highest BCUT2D eigenvalue weighted by atomic mass is 79.9. The summed E-state index contributed by atoms with van der Waals surface area (Å²) in [6.45, 7) is -0.254. The van der Waals surface area contributed by atoms with Crippen molar-refractivity contribution < 1.29 is 13.2 Å². The second-order valence-corrected chi connectivity index (χ2v) is 6.27. The summed E-state index contributed by atoms with van der Waals surface area (Å²) in [6.07, 6.45) is -4.80. The highest BCUT2D eigenvalue weighted by Crippen LogP contribution is 2.31.